The first kappa shape index (κ1) is 19.6. The van der Waals surface area contributed by atoms with Gasteiger partial charge in [-0.05, 0) is 56.9 Å². The van der Waals surface area contributed by atoms with Crippen LogP contribution in [0.25, 0.3) is 33.3 Å². The number of hydrogen-bond acceptors (Lipinski definition) is 6. The van der Waals surface area contributed by atoms with Crippen LogP contribution < -0.4 is 5.32 Å². The van der Waals surface area contributed by atoms with Crippen molar-refractivity contribution < 1.29 is 14.3 Å². The Morgan fingerprint density at radius 3 is 2.71 bits per heavy atom. The van der Waals surface area contributed by atoms with E-state index in [-0.39, 0.29) is 11.8 Å². The molecule has 4 aromatic rings. The highest BCUT2D eigenvalue weighted by molar-refractivity contribution is 6.00. The van der Waals surface area contributed by atoms with Gasteiger partial charge in [-0.3, -0.25) is 9.78 Å². The van der Waals surface area contributed by atoms with Gasteiger partial charge in [0.1, 0.15) is 11.3 Å². The van der Waals surface area contributed by atoms with E-state index in [1.54, 1.807) is 26.2 Å². The zero-order valence-electron chi connectivity index (χ0n) is 17.8. The SMILES string of the molecule is CCc1ncc(-c2nc3cc(C(C)(C)O)ccc3o2)c2cc(NC(=O)C3CC3)ncc12. The van der Waals surface area contributed by atoms with Gasteiger partial charge in [-0.15, -0.1) is 0 Å². The maximum absolute atomic E-state index is 12.2. The van der Waals surface area contributed by atoms with Crippen molar-refractivity contribution in [1.29, 1.82) is 0 Å². The van der Waals surface area contributed by atoms with Crippen molar-refractivity contribution in [3.05, 3.63) is 47.9 Å². The van der Waals surface area contributed by atoms with E-state index in [0.717, 1.165) is 46.9 Å². The Labute approximate surface area is 179 Å². The second-order valence-corrected chi connectivity index (χ2v) is 8.61. The number of fused-ring (bicyclic) bond motifs is 2. The third-order valence-electron chi connectivity index (χ3n) is 5.71. The number of benzene rings is 1. The van der Waals surface area contributed by atoms with Gasteiger partial charge in [0, 0.05) is 34.8 Å². The van der Waals surface area contributed by atoms with Gasteiger partial charge in [0.25, 0.3) is 0 Å². The Kier molecular flexibility index (Phi) is 4.51. The monoisotopic (exact) mass is 416 g/mol. The number of nitrogens with zero attached hydrogens (tertiary/aromatic N) is 3. The molecule has 0 bridgehead atoms. The predicted octanol–water partition coefficient (Wildman–Crippen LogP) is 4.58. The van der Waals surface area contributed by atoms with Gasteiger partial charge < -0.3 is 14.8 Å². The Balaban J connectivity index is 1.63. The summed E-state index contributed by atoms with van der Waals surface area (Å²) < 4.78 is 6.03. The third kappa shape index (κ3) is 3.65. The number of hydrogen-bond donors (Lipinski definition) is 2. The van der Waals surface area contributed by atoms with E-state index in [4.69, 9.17) is 4.42 Å². The predicted molar refractivity (Wildman–Crippen MR) is 119 cm³/mol. The molecule has 7 nitrogen and oxygen atoms in total. The molecule has 7 heteroatoms. The smallest absolute Gasteiger partial charge is 0.229 e. The molecular weight excluding hydrogens is 392 g/mol. The number of anilines is 1. The first-order valence-corrected chi connectivity index (χ1v) is 10.6. The number of nitrogens with one attached hydrogen (secondary N) is 1. The van der Waals surface area contributed by atoms with E-state index < -0.39 is 5.60 Å². The summed E-state index contributed by atoms with van der Waals surface area (Å²) in [4.78, 5) is 25.9. The van der Waals surface area contributed by atoms with Gasteiger partial charge in [0.05, 0.1) is 11.2 Å². The van der Waals surface area contributed by atoms with Gasteiger partial charge in [-0.1, -0.05) is 13.0 Å². The lowest BCUT2D eigenvalue weighted by Crippen LogP contribution is -2.14. The number of aliphatic hydroxyl groups is 1. The molecule has 5 rings (SSSR count). The normalized spacial score (nSPS) is 14.3. The second kappa shape index (κ2) is 7.13. The maximum Gasteiger partial charge on any atom is 0.229 e. The van der Waals surface area contributed by atoms with Crippen LogP contribution in [-0.2, 0) is 16.8 Å². The van der Waals surface area contributed by atoms with Gasteiger partial charge >= 0.3 is 0 Å². The molecule has 1 aliphatic carbocycles. The first-order valence-electron chi connectivity index (χ1n) is 10.6. The minimum Gasteiger partial charge on any atom is -0.436 e. The third-order valence-corrected chi connectivity index (χ3v) is 5.71. The van der Waals surface area contributed by atoms with Gasteiger partial charge in [0.15, 0.2) is 5.58 Å². The largest absolute Gasteiger partial charge is 0.436 e. The van der Waals surface area contributed by atoms with Crippen LogP contribution in [0.5, 0.6) is 0 Å². The summed E-state index contributed by atoms with van der Waals surface area (Å²) in [6, 6.07) is 7.35. The van der Waals surface area contributed by atoms with Crippen molar-refractivity contribution >= 4 is 33.6 Å². The number of amides is 1. The molecule has 3 aromatic heterocycles. The van der Waals surface area contributed by atoms with Crippen LogP contribution in [-0.4, -0.2) is 26.0 Å². The molecular formula is C24H24N4O3. The molecule has 1 saturated carbocycles. The molecule has 158 valence electrons. The van der Waals surface area contributed by atoms with Crippen molar-refractivity contribution in [3.8, 4) is 11.5 Å². The van der Waals surface area contributed by atoms with E-state index in [9.17, 15) is 9.90 Å². The molecule has 0 atom stereocenters. The minimum absolute atomic E-state index is 0.0131. The molecule has 0 radical (unpaired) electrons. The van der Waals surface area contributed by atoms with E-state index >= 15 is 0 Å². The van der Waals surface area contributed by atoms with Crippen LogP contribution >= 0.6 is 0 Å². The molecule has 1 aromatic carbocycles. The number of oxazole rings is 1. The molecule has 0 aliphatic heterocycles. The van der Waals surface area contributed by atoms with Crippen LogP contribution in [0.15, 0.2) is 41.1 Å². The molecule has 0 spiro atoms. The Morgan fingerprint density at radius 2 is 2.00 bits per heavy atom. The zero-order chi connectivity index (χ0) is 21.8. The molecule has 1 aliphatic rings. The van der Waals surface area contributed by atoms with Crippen LogP contribution in [0.2, 0.25) is 0 Å². The van der Waals surface area contributed by atoms with E-state index in [0.29, 0.717) is 22.8 Å². The standard InChI is InChI=1S/C24H24N4O3/c1-4-18-16-11-26-21(28-22(29)13-5-6-13)10-15(16)17(12-25-18)23-27-19-9-14(24(2,3)30)7-8-20(19)31-23/h7-13,30H,4-6H2,1-3H3,(H,26,28,29). The molecule has 0 unspecified atom stereocenters. The Hall–Kier alpha value is -3.32. The minimum atomic E-state index is -0.968. The average molecular weight is 416 g/mol. The van der Waals surface area contributed by atoms with Crippen LogP contribution in [0.1, 0.15) is 44.9 Å². The van der Waals surface area contributed by atoms with E-state index in [1.165, 1.54) is 0 Å². The highest BCUT2D eigenvalue weighted by Crippen LogP contribution is 2.34. The van der Waals surface area contributed by atoms with Gasteiger partial charge in [-0.2, -0.15) is 0 Å². The van der Waals surface area contributed by atoms with Crippen molar-refractivity contribution in [2.75, 3.05) is 5.32 Å². The van der Waals surface area contributed by atoms with E-state index in [2.05, 4.69) is 20.3 Å². The summed E-state index contributed by atoms with van der Waals surface area (Å²) in [5, 5.41) is 15.0. The van der Waals surface area contributed by atoms with Crippen LogP contribution in [0, 0.1) is 5.92 Å². The average Bonchev–Trinajstić information content (AvgIpc) is 3.51. The lowest BCUT2D eigenvalue weighted by molar-refractivity contribution is -0.117. The zero-order valence-corrected chi connectivity index (χ0v) is 17.8. The maximum atomic E-state index is 12.2. The number of rotatable bonds is 5. The number of aromatic nitrogens is 3. The van der Waals surface area contributed by atoms with E-state index in [1.807, 2.05) is 31.2 Å². The Bertz CT molecular complexity index is 1320. The molecule has 1 amide bonds. The lowest BCUT2D eigenvalue weighted by Gasteiger charge is -2.16. The number of carbonyl (C=O) groups is 1. The van der Waals surface area contributed by atoms with Crippen molar-refractivity contribution in [2.24, 2.45) is 5.92 Å². The topological polar surface area (TPSA) is 101 Å². The first-order chi connectivity index (χ1) is 14.8. The number of pyridine rings is 2. The summed E-state index contributed by atoms with van der Waals surface area (Å²) in [7, 11) is 0. The van der Waals surface area contributed by atoms with Crippen molar-refractivity contribution in [3.63, 3.8) is 0 Å². The fraction of sp³-hybridized carbons (Fsp3) is 0.333. The highest BCUT2D eigenvalue weighted by Gasteiger charge is 2.30. The molecule has 1 fully saturated rings. The second-order valence-electron chi connectivity index (χ2n) is 8.61. The summed E-state index contributed by atoms with van der Waals surface area (Å²) >= 11 is 0. The van der Waals surface area contributed by atoms with Gasteiger partial charge in [0.2, 0.25) is 11.8 Å². The summed E-state index contributed by atoms with van der Waals surface area (Å²) in [5.41, 5.74) is 2.75. The fourth-order valence-corrected chi connectivity index (χ4v) is 3.71. The highest BCUT2D eigenvalue weighted by atomic mass is 16.3. The molecule has 3 heterocycles. The number of carbonyl (C=O) groups excluding carboxylic acids is 1. The number of aryl methyl sites for hydroxylation is 1. The van der Waals surface area contributed by atoms with Crippen LogP contribution in [0.4, 0.5) is 5.82 Å². The summed E-state index contributed by atoms with van der Waals surface area (Å²) in [6.07, 6.45) is 6.14. The van der Waals surface area contributed by atoms with Gasteiger partial charge in [-0.25, -0.2) is 9.97 Å². The molecule has 0 saturated heterocycles. The molecule has 2 N–H and O–H groups in total. The molecule has 31 heavy (non-hydrogen) atoms. The fourth-order valence-electron chi connectivity index (χ4n) is 3.71. The Morgan fingerprint density at radius 1 is 1.19 bits per heavy atom. The summed E-state index contributed by atoms with van der Waals surface area (Å²) in [5.74, 6) is 1.06. The van der Waals surface area contributed by atoms with Crippen molar-refractivity contribution in [2.45, 2.75) is 45.6 Å². The lowest BCUT2D eigenvalue weighted by atomic mass is 9.98. The van der Waals surface area contributed by atoms with Crippen LogP contribution in [0.3, 0.4) is 0 Å². The van der Waals surface area contributed by atoms with Crippen molar-refractivity contribution in [1.82, 2.24) is 15.0 Å². The quantitative estimate of drug-likeness (QED) is 0.494. The summed E-state index contributed by atoms with van der Waals surface area (Å²) in [6.45, 7) is 5.52.